The number of hydrogen-bond acceptors (Lipinski definition) is 5. The van der Waals surface area contributed by atoms with Crippen LogP contribution in [0.4, 0.5) is 0 Å². The zero-order valence-corrected chi connectivity index (χ0v) is 10.9. The van der Waals surface area contributed by atoms with Crippen LogP contribution in [0.3, 0.4) is 0 Å². The molecule has 0 saturated carbocycles. The fraction of sp³-hybridized carbons (Fsp3) is 0.417. The van der Waals surface area contributed by atoms with Crippen LogP contribution in [-0.4, -0.2) is 37.6 Å². The van der Waals surface area contributed by atoms with Gasteiger partial charge in [0.05, 0.1) is 18.5 Å². The monoisotopic (exact) mass is 272 g/mol. The number of benzene rings is 1. The Kier molecular flexibility index (Phi) is 5.30. The first-order valence-corrected chi connectivity index (χ1v) is 7.36. The van der Waals surface area contributed by atoms with E-state index in [2.05, 4.69) is 4.74 Å². The van der Waals surface area contributed by atoms with Gasteiger partial charge < -0.3 is 9.84 Å². The standard InChI is InChI=1S/C12H16O5S/c1-2-17-12(14)9-18(15,16)8-11(13)10-6-4-3-5-7-10/h3-7,11,13H,2,8-9H2,1H3/t11-/m1/s1. The average molecular weight is 272 g/mol. The molecule has 1 N–H and O–H groups in total. The van der Waals surface area contributed by atoms with Crippen molar-refractivity contribution in [2.45, 2.75) is 13.0 Å². The van der Waals surface area contributed by atoms with Gasteiger partial charge in [0.15, 0.2) is 9.84 Å². The van der Waals surface area contributed by atoms with E-state index in [1.807, 2.05) is 0 Å². The molecule has 1 aromatic carbocycles. The van der Waals surface area contributed by atoms with Gasteiger partial charge in [0.1, 0.15) is 5.75 Å². The van der Waals surface area contributed by atoms with Gasteiger partial charge in [-0.15, -0.1) is 0 Å². The fourth-order valence-electron chi connectivity index (χ4n) is 1.45. The van der Waals surface area contributed by atoms with E-state index in [1.165, 1.54) is 0 Å². The van der Waals surface area contributed by atoms with Crippen molar-refractivity contribution in [3.05, 3.63) is 35.9 Å². The van der Waals surface area contributed by atoms with Crippen LogP contribution in [0, 0.1) is 0 Å². The lowest BCUT2D eigenvalue weighted by molar-refractivity contribution is -0.139. The highest BCUT2D eigenvalue weighted by Crippen LogP contribution is 2.14. The minimum Gasteiger partial charge on any atom is -0.465 e. The molecule has 1 aromatic rings. The smallest absolute Gasteiger partial charge is 0.321 e. The van der Waals surface area contributed by atoms with Crippen molar-refractivity contribution in [1.29, 1.82) is 0 Å². The summed E-state index contributed by atoms with van der Waals surface area (Å²) in [5.74, 6) is -1.99. The third-order valence-corrected chi connectivity index (χ3v) is 3.74. The molecule has 0 radical (unpaired) electrons. The second kappa shape index (κ2) is 6.51. The fourth-order valence-corrected chi connectivity index (χ4v) is 2.69. The summed E-state index contributed by atoms with van der Waals surface area (Å²) < 4.78 is 27.8. The number of aliphatic hydroxyl groups is 1. The Morgan fingerprint density at radius 3 is 2.50 bits per heavy atom. The second-order valence-corrected chi connectivity index (χ2v) is 5.90. The summed E-state index contributed by atoms with van der Waals surface area (Å²) in [4.78, 5) is 11.1. The molecule has 0 spiro atoms. The molecule has 0 fully saturated rings. The molecule has 18 heavy (non-hydrogen) atoms. The number of aliphatic hydroxyl groups excluding tert-OH is 1. The highest BCUT2D eigenvalue weighted by atomic mass is 32.2. The summed E-state index contributed by atoms with van der Waals surface area (Å²) in [7, 11) is -3.67. The minimum atomic E-state index is -3.67. The summed E-state index contributed by atoms with van der Waals surface area (Å²) in [6, 6.07) is 8.44. The van der Waals surface area contributed by atoms with Crippen molar-refractivity contribution in [2.24, 2.45) is 0 Å². The van der Waals surface area contributed by atoms with Crippen molar-refractivity contribution >= 4 is 15.8 Å². The molecular formula is C12H16O5S. The first kappa shape index (κ1) is 14.7. The predicted octanol–water partition coefficient (Wildman–Crippen LogP) is 0.698. The van der Waals surface area contributed by atoms with Gasteiger partial charge in [-0.1, -0.05) is 30.3 Å². The Morgan fingerprint density at radius 2 is 1.94 bits per heavy atom. The Morgan fingerprint density at radius 1 is 1.33 bits per heavy atom. The molecule has 6 heteroatoms. The van der Waals surface area contributed by atoms with E-state index >= 15 is 0 Å². The van der Waals surface area contributed by atoms with Crippen molar-refractivity contribution in [3.63, 3.8) is 0 Å². The normalized spacial score (nSPS) is 13.0. The van der Waals surface area contributed by atoms with Gasteiger partial charge in [-0.3, -0.25) is 4.79 Å². The number of ether oxygens (including phenoxy) is 1. The predicted molar refractivity (Wildman–Crippen MR) is 66.7 cm³/mol. The molecule has 1 atom stereocenters. The van der Waals surface area contributed by atoms with E-state index in [-0.39, 0.29) is 6.61 Å². The molecule has 0 unspecified atom stereocenters. The first-order valence-electron chi connectivity index (χ1n) is 5.53. The molecule has 0 heterocycles. The van der Waals surface area contributed by atoms with Crippen LogP contribution < -0.4 is 0 Å². The molecule has 100 valence electrons. The summed E-state index contributed by atoms with van der Waals surface area (Å²) in [6.45, 7) is 1.74. The topological polar surface area (TPSA) is 80.7 Å². The number of carbonyl (C=O) groups excluding carboxylic acids is 1. The largest absolute Gasteiger partial charge is 0.465 e. The van der Waals surface area contributed by atoms with E-state index in [1.54, 1.807) is 37.3 Å². The van der Waals surface area contributed by atoms with E-state index in [9.17, 15) is 18.3 Å². The molecule has 0 saturated heterocycles. The van der Waals surface area contributed by atoms with E-state index in [4.69, 9.17) is 0 Å². The van der Waals surface area contributed by atoms with Gasteiger partial charge in [0, 0.05) is 0 Å². The van der Waals surface area contributed by atoms with Crippen LogP contribution >= 0.6 is 0 Å². The third-order valence-electron chi connectivity index (χ3n) is 2.24. The van der Waals surface area contributed by atoms with Gasteiger partial charge in [0.25, 0.3) is 0 Å². The molecule has 1 rings (SSSR count). The zero-order valence-electron chi connectivity index (χ0n) is 10.1. The number of rotatable bonds is 6. The maximum absolute atomic E-state index is 11.6. The highest BCUT2D eigenvalue weighted by Gasteiger charge is 2.22. The SMILES string of the molecule is CCOC(=O)CS(=O)(=O)C[C@@H](O)c1ccccc1. The Balaban J connectivity index is 2.63. The Bertz CT molecular complexity index is 480. The van der Waals surface area contributed by atoms with Crippen LogP contribution in [0.5, 0.6) is 0 Å². The highest BCUT2D eigenvalue weighted by molar-refractivity contribution is 7.92. The summed E-state index contributed by atoms with van der Waals surface area (Å²) >= 11 is 0. The van der Waals surface area contributed by atoms with Gasteiger partial charge in [-0.25, -0.2) is 8.42 Å². The maximum Gasteiger partial charge on any atom is 0.321 e. The molecule has 5 nitrogen and oxygen atoms in total. The van der Waals surface area contributed by atoms with Gasteiger partial charge in [0.2, 0.25) is 0 Å². The molecule has 0 amide bonds. The van der Waals surface area contributed by atoms with E-state index in [0.717, 1.165) is 0 Å². The van der Waals surface area contributed by atoms with Gasteiger partial charge in [-0.05, 0) is 12.5 Å². The first-order chi connectivity index (χ1) is 8.44. The lowest BCUT2D eigenvalue weighted by atomic mass is 10.1. The van der Waals surface area contributed by atoms with Crippen LogP contribution in [0.25, 0.3) is 0 Å². The number of hydrogen-bond donors (Lipinski definition) is 1. The molecule has 0 bridgehead atoms. The third kappa shape index (κ3) is 4.85. The average Bonchev–Trinajstić information content (AvgIpc) is 2.29. The lowest BCUT2D eigenvalue weighted by Crippen LogP contribution is -2.24. The Labute approximate surface area is 106 Å². The summed E-state index contributed by atoms with van der Waals surface area (Å²) in [6.07, 6.45) is -1.13. The number of esters is 1. The number of carbonyl (C=O) groups is 1. The molecule has 0 aliphatic rings. The Hall–Kier alpha value is -1.40. The van der Waals surface area contributed by atoms with Crippen LogP contribution in [0.15, 0.2) is 30.3 Å². The van der Waals surface area contributed by atoms with Crippen molar-refractivity contribution in [1.82, 2.24) is 0 Å². The van der Waals surface area contributed by atoms with Crippen LogP contribution in [0.1, 0.15) is 18.6 Å². The van der Waals surface area contributed by atoms with E-state index < -0.39 is 33.4 Å². The van der Waals surface area contributed by atoms with Crippen LogP contribution in [0.2, 0.25) is 0 Å². The second-order valence-electron chi connectivity index (χ2n) is 3.79. The molecular weight excluding hydrogens is 256 g/mol. The maximum atomic E-state index is 11.6. The van der Waals surface area contributed by atoms with Gasteiger partial charge in [-0.2, -0.15) is 0 Å². The molecule has 0 aliphatic carbocycles. The lowest BCUT2D eigenvalue weighted by Gasteiger charge is -2.11. The van der Waals surface area contributed by atoms with Crippen molar-refractivity contribution in [2.75, 3.05) is 18.1 Å². The van der Waals surface area contributed by atoms with Gasteiger partial charge >= 0.3 is 5.97 Å². The van der Waals surface area contributed by atoms with E-state index in [0.29, 0.717) is 5.56 Å². The minimum absolute atomic E-state index is 0.135. The molecule has 0 aromatic heterocycles. The van der Waals surface area contributed by atoms with Crippen molar-refractivity contribution < 1.29 is 23.1 Å². The summed E-state index contributed by atoms with van der Waals surface area (Å²) in [5.41, 5.74) is 0.505. The number of sulfone groups is 1. The zero-order chi connectivity index (χ0) is 13.6. The molecule has 0 aliphatic heterocycles. The quantitative estimate of drug-likeness (QED) is 0.771. The van der Waals surface area contributed by atoms with Crippen molar-refractivity contribution in [3.8, 4) is 0 Å². The summed E-state index contributed by atoms with van der Waals surface area (Å²) in [5, 5.41) is 9.77. The van der Waals surface area contributed by atoms with Crippen LogP contribution in [-0.2, 0) is 19.4 Å².